The van der Waals surface area contributed by atoms with Crippen LogP contribution in [0.2, 0.25) is 5.02 Å². The van der Waals surface area contributed by atoms with E-state index in [9.17, 15) is 9.59 Å². The predicted molar refractivity (Wildman–Crippen MR) is 96.3 cm³/mol. The van der Waals surface area contributed by atoms with E-state index in [1.807, 2.05) is 25.1 Å². The number of halogens is 1. The number of hydrogen-bond acceptors (Lipinski definition) is 5. The third kappa shape index (κ3) is 3.94. The number of nitrogens with one attached hydrogen (secondary N) is 1. The molecule has 0 aliphatic rings. The summed E-state index contributed by atoms with van der Waals surface area (Å²) >= 11 is 7.36. The first-order chi connectivity index (χ1) is 11.3. The lowest BCUT2D eigenvalue weighted by molar-refractivity contribution is -0.156. The van der Waals surface area contributed by atoms with Crippen molar-refractivity contribution in [2.24, 2.45) is 5.41 Å². The van der Waals surface area contributed by atoms with Gasteiger partial charge in [-0.1, -0.05) is 23.7 Å². The van der Waals surface area contributed by atoms with Crippen LogP contribution in [-0.2, 0) is 14.3 Å². The first-order valence-electron chi connectivity index (χ1n) is 7.47. The Kier molecular flexibility index (Phi) is 5.62. The summed E-state index contributed by atoms with van der Waals surface area (Å²) in [5.41, 5.74) is 0.347. The molecule has 0 spiro atoms. The van der Waals surface area contributed by atoms with Gasteiger partial charge in [-0.25, -0.2) is 4.98 Å². The van der Waals surface area contributed by atoms with Crippen molar-refractivity contribution in [2.75, 3.05) is 11.9 Å². The number of aryl methyl sites for hydroxylation is 1. The number of amides is 1. The molecule has 0 aliphatic carbocycles. The van der Waals surface area contributed by atoms with Crippen LogP contribution in [0, 0.1) is 12.3 Å². The Bertz CT molecular complexity index is 771. The predicted octanol–water partition coefficient (Wildman–Crippen LogP) is 4.30. The van der Waals surface area contributed by atoms with Gasteiger partial charge in [0.2, 0.25) is 5.91 Å². The molecule has 2 rings (SSSR count). The molecule has 0 saturated heterocycles. The summed E-state index contributed by atoms with van der Waals surface area (Å²) in [6.07, 6.45) is 0. The van der Waals surface area contributed by atoms with Gasteiger partial charge in [0.05, 0.1) is 12.3 Å². The molecule has 128 valence electrons. The van der Waals surface area contributed by atoms with Crippen molar-refractivity contribution < 1.29 is 14.3 Å². The van der Waals surface area contributed by atoms with E-state index in [0.29, 0.717) is 10.2 Å². The normalized spacial score (nSPS) is 11.2. The molecule has 1 N–H and O–H groups in total. The third-order valence-electron chi connectivity index (χ3n) is 3.47. The van der Waals surface area contributed by atoms with Gasteiger partial charge >= 0.3 is 5.97 Å². The molecule has 1 heterocycles. The SMILES string of the molecule is CCOC(=O)C(C)(C)C(=O)Nc1nc(-c2cccc(Cl)c2)c(C)s1. The minimum Gasteiger partial charge on any atom is -0.465 e. The molecule has 0 unspecified atom stereocenters. The van der Waals surface area contributed by atoms with Gasteiger partial charge in [-0.3, -0.25) is 9.59 Å². The molecular formula is C17H19ClN2O3S. The van der Waals surface area contributed by atoms with Gasteiger partial charge in [0, 0.05) is 15.5 Å². The van der Waals surface area contributed by atoms with Gasteiger partial charge in [0.1, 0.15) is 5.41 Å². The Morgan fingerprint density at radius 1 is 1.38 bits per heavy atom. The Labute approximate surface area is 150 Å². The quantitative estimate of drug-likeness (QED) is 0.632. The van der Waals surface area contributed by atoms with Crippen molar-refractivity contribution in [3.05, 3.63) is 34.2 Å². The molecule has 24 heavy (non-hydrogen) atoms. The molecule has 1 aromatic heterocycles. The van der Waals surface area contributed by atoms with Crippen molar-refractivity contribution >= 4 is 39.9 Å². The zero-order valence-electron chi connectivity index (χ0n) is 14.0. The highest BCUT2D eigenvalue weighted by Gasteiger charge is 2.38. The van der Waals surface area contributed by atoms with Gasteiger partial charge in [-0.05, 0) is 39.8 Å². The van der Waals surface area contributed by atoms with Crippen LogP contribution in [0.4, 0.5) is 5.13 Å². The average molecular weight is 367 g/mol. The fourth-order valence-corrected chi connectivity index (χ4v) is 3.03. The molecule has 0 aliphatic heterocycles. The summed E-state index contributed by atoms with van der Waals surface area (Å²) in [6.45, 7) is 6.90. The van der Waals surface area contributed by atoms with Gasteiger partial charge < -0.3 is 10.1 Å². The number of aromatic nitrogens is 1. The molecule has 0 bridgehead atoms. The molecule has 0 radical (unpaired) electrons. The number of carbonyl (C=O) groups excluding carboxylic acids is 2. The first kappa shape index (κ1) is 18.4. The molecule has 0 fully saturated rings. The van der Waals surface area contributed by atoms with E-state index in [4.69, 9.17) is 16.3 Å². The fraction of sp³-hybridized carbons (Fsp3) is 0.353. The molecule has 2 aromatic rings. The Morgan fingerprint density at radius 3 is 2.71 bits per heavy atom. The second kappa shape index (κ2) is 7.32. The summed E-state index contributed by atoms with van der Waals surface area (Å²) in [7, 11) is 0. The highest BCUT2D eigenvalue weighted by atomic mass is 35.5. The van der Waals surface area contributed by atoms with E-state index in [2.05, 4.69) is 10.3 Å². The first-order valence-corrected chi connectivity index (χ1v) is 8.67. The maximum absolute atomic E-state index is 12.4. The molecular weight excluding hydrogens is 348 g/mol. The number of benzene rings is 1. The highest BCUT2D eigenvalue weighted by Crippen LogP contribution is 2.32. The van der Waals surface area contributed by atoms with E-state index < -0.39 is 17.3 Å². The number of thiazole rings is 1. The Hall–Kier alpha value is -1.92. The van der Waals surface area contributed by atoms with E-state index in [-0.39, 0.29) is 6.61 Å². The standard InChI is InChI=1S/C17H19ClN2O3S/c1-5-23-15(22)17(3,4)14(21)20-16-19-13(10(2)24-16)11-7-6-8-12(18)9-11/h6-9H,5H2,1-4H3,(H,19,20,21). The smallest absolute Gasteiger partial charge is 0.321 e. The lowest BCUT2D eigenvalue weighted by Gasteiger charge is -2.20. The summed E-state index contributed by atoms with van der Waals surface area (Å²) in [4.78, 5) is 29.7. The molecule has 0 saturated carbocycles. The topological polar surface area (TPSA) is 68.3 Å². The minimum atomic E-state index is -1.29. The second-order valence-corrected chi connectivity index (χ2v) is 7.37. The number of nitrogens with zero attached hydrogens (tertiary/aromatic N) is 1. The lowest BCUT2D eigenvalue weighted by Crippen LogP contribution is -2.39. The molecule has 7 heteroatoms. The number of anilines is 1. The summed E-state index contributed by atoms with van der Waals surface area (Å²) in [5, 5.41) is 3.76. The number of hydrogen-bond donors (Lipinski definition) is 1. The number of ether oxygens (including phenoxy) is 1. The molecule has 1 aromatic carbocycles. The van der Waals surface area contributed by atoms with E-state index >= 15 is 0 Å². The van der Waals surface area contributed by atoms with E-state index in [1.165, 1.54) is 25.2 Å². The van der Waals surface area contributed by atoms with Crippen LogP contribution in [0.15, 0.2) is 24.3 Å². The summed E-state index contributed by atoms with van der Waals surface area (Å²) in [5.74, 6) is -1.02. The van der Waals surface area contributed by atoms with Crippen molar-refractivity contribution in [2.45, 2.75) is 27.7 Å². The molecule has 1 amide bonds. The zero-order chi connectivity index (χ0) is 17.9. The second-order valence-electron chi connectivity index (χ2n) is 5.73. The van der Waals surface area contributed by atoms with Crippen LogP contribution in [0.1, 0.15) is 25.6 Å². The number of carbonyl (C=O) groups is 2. The van der Waals surface area contributed by atoms with Gasteiger partial charge in [0.15, 0.2) is 5.13 Å². The monoisotopic (exact) mass is 366 g/mol. The van der Waals surface area contributed by atoms with E-state index in [0.717, 1.165) is 16.1 Å². The lowest BCUT2D eigenvalue weighted by atomic mass is 9.93. The maximum atomic E-state index is 12.4. The van der Waals surface area contributed by atoms with Crippen LogP contribution in [-0.4, -0.2) is 23.5 Å². The zero-order valence-corrected chi connectivity index (χ0v) is 15.5. The average Bonchev–Trinajstić information content (AvgIpc) is 2.88. The Balaban J connectivity index is 2.21. The van der Waals surface area contributed by atoms with Gasteiger partial charge in [-0.15, -0.1) is 11.3 Å². The van der Waals surface area contributed by atoms with Crippen molar-refractivity contribution in [1.29, 1.82) is 0 Å². The van der Waals surface area contributed by atoms with Crippen molar-refractivity contribution in [3.63, 3.8) is 0 Å². The van der Waals surface area contributed by atoms with Crippen molar-refractivity contribution in [1.82, 2.24) is 4.98 Å². The Morgan fingerprint density at radius 2 is 2.08 bits per heavy atom. The van der Waals surface area contributed by atoms with Crippen LogP contribution in [0.5, 0.6) is 0 Å². The number of esters is 1. The van der Waals surface area contributed by atoms with Crippen LogP contribution < -0.4 is 5.32 Å². The summed E-state index contributed by atoms with van der Waals surface area (Å²) < 4.78 is 4.95. The van der Waals surface area contributed by atoms with Crippen LogP contribution in [0.25, 0.3) is 11.3 Å². The fourth-order valence-electron chi connectivity index (χ4n) is 2.01. The third-order valence-corrected chi connectivity index (χ3v) is 4.59. The molecule has 5 nitrogen and oxygen atoms in total. The van der Waals surface area contributed by atoms with Crippen molar-refractivity contribution in [3.8, 4) is 11.3 Å². The van der Waals surface area contributed by atoms with Gasteiger partial charge in [0.25, 0.3) is 0 Å². The minimum absolute atomic E-state index is 0.227. The summed E-state index contributed by atoms with van der Waals surface area (Å²) in [6, 6.07) is 7.36. The van der Waals surface area contributed by atoms with Crippen LogP contribution >= 0.6 is 22.9 Å². The van der Waals surface area contributed by atoms with E-state index in [1.54, 1.807) is 13.0 Å². The number of rotatable bonds is 5. The highest BCUT2D eigenvalue weighted by molar-refractivity contribution is 7.16. The maximum Gasteiger partial charge on any atom is 0.321 e. The van der Waals surface area contributed by atoms with Crippen LogP contribution in [0.3, 0.4) is 0 Å². The molecule has 0 atom stereocenters. The van der Waals surface area contributed by atoms with Gasteiger partial charge in [-0.2, -0.15) is 0 Å². The largest absolute Gasteiger partial charge is 0.465 e.